The molecule has 58 heavy (non-hydrogen) atoms. The number of piperazine rings is 1. The van der Waals surface area contributed by atoms with Gasteiger partial charge in [0.2, 0.25) is 11.9 Å². The molecule has 3 amide bonds. The van der Waals surface area contributed by atoms with E-state index in [4.69, 9.17) is 14.2 Å². The van der Waals surface area contributed by atoms with Gasteiger partial charge in [0.05, 0.1) is 31.8 Å². The molecule has 0 spiro atoms. The fourth-order valence-electron chi connectivity index (χ4n) is 7.67. The molecule has 3 aliphatic heterocycles. The molecule has 0 bridgehead atoms. The molecule has 13 heteroatoms. The summed E-state index contributed by atoms with van der Waals surface area (Å²) in [5, 5.41) is 12.2. The van der Waals surface area contributed by atoms with Crippen LogP contribution in [0.25, 0.3) is 11.1 Å². The first kappa shape index (κ1) is 38.9. The molecule has 3 saturated heterocycles. The van der Waals surface area contributed by atoms with Crippen molar-refractivity contribution in [2.75, 3.05) is 37.6 Å². The van der Waals surface area contributed by atoms with Crippen LogP contribution in [0.15, 0.2) is 122 Å². The molecule has 4 heterocycles. The zero-order valence-corrected chi connectivity index (χ0v) is 32.1. The number of aromatic nitrogens is 2. The Labute approximate surface area is 337 Å². The number of hydrogen-bond acceptors (Lipinski definition) is 11. The maximum Gasteiger partial charge on any atom is 0.408 e. The van der Waals surface area contributed by atoms with Gasteiger partial charge in [0, 0.05) is 57.1 Å². The number of carbonyl (C=O) groups excluding carboxylic acids is 3. The minimum atomic E-state index is -0.986. The molecule has 2 N–H and O–H groups in total. The number of anilines is 1. The average molecular weight is 783 g/mol. The predicted molar refractivity (Wildman–Crippen MR) is 215 cm³/mol. The van der Waals surface area contributed by atoms with E-state index in [2.05, 4.69) is 31.2 Å². The highest BCUT2D eigenvalue weighted by molar-refractivity contribution is 6.06. The molecule has 0 radical (unpaired) electrons. The van der Waals surface area contributed by atoms with Gasteiger partial charge in [-0.1, -0.05) is 91.0 Å². The van der Waals surface area contributed by atoms with Crippen molar-refractivity contribution in [3.05, 3.63) is 149 Å². The highest BCUT2D eigenvalue weighted by Gasteiger charge is 2.40. The standard InChI is InChI=1S/C45H46N6O7/c52-29-31-13-15-34(16-14-31)40-25-38(28-49-19-21-50(22-20-49)44-46-17-6-18-47-44)57-43(58-40)37-12-5-11-36(24-37)35-10-4-9-33(23-35)27-51-41(53)26-39(42(51)54)48-45(55)56-30-32-7-2-1-3-8-32/h1-18,23-24,38-40,43,52H,19-22,25-30H2,(H,48,55)/t38-,39?,40+,43+/m0/s1. The fourth-order valence-corrected chi connectivity index (χ4v) is 7.67. The summed E-state index contributed by atoms with van der Waals surface area (Å²) in [5.41, 5.74) is 6.15. The van der Waals surface area contributed by atoms with E-state index in [1.54, 1.807) is 12.4 Å². The Morgan fingerprint density at radius 3 is 2.26 bits per heavy atom. The molecule has 5 aromatic rings. The van der Waals surface area contributed by atoms with Crippen LogP contribution in [0, 0.1) is 0 Å². The second-order valence-electron chi connectivity index (χ2n) is 14.8. The SMILES string of the molecule is O=C(NC1CC(=O)N(Cc2cccc(-c3cccc([C@@H]4O[C@H](CN5CCN(c6ncccn6)CC5)C[C@H](c5ccc(CO)cc5)O4)c3)c2)C1=O)OCc1ccccc1. The molecule has 298 valence electrons. The summed E-state index contributed by atoms with van der Waals surface area (Å²) in [4.78, 5) is 53.4. The maximum absolute atomic E-state index is 13.3. The topological polar surface area (TPSA) is 147 Å². The zero-order chi connectivity index (χ0) is 39.8. The van der Waals surface area contributed by atoms with Crippen molar-refractivity contribution in [1.29, 1.82) is 0 Å². The van der Waals surface area contributed by atoms with E-state index in [9.17, 15) is 19.5 Å². The second-order valence-corrected chi connectivity index (χ2v) is 14.8. The second kappa shape index (κ2) is 18.1. The first-order valence-corrected chi connectivity index (χ1v) is 19.6. The van der Waals surface area contributed by atoms with Crippen LogP contribution in [0.4, 0.5) is 10.7 Å². The lowest BCUT2D eigenvalue weighted by atomic mass is 9.98. The number of carbonyl (C=O) groups is 3. The first-order chi connectivity index (χ1) is 28.4. The monoisotopic (exact) mass is 782 g/mol. The predicted octanol–water partition coefficient (Wildman–Crippen LogP) is 5.56. The van der Waals surface area contributed by atoms with Crippen molar-refractivity contribution in [2.24, 2.45) is 0 Å². The lowest BCUT2D eigenvalue weighted by Crippen LogP contribution is -2.50. The molecule has 3 aliphatic rings. The van der Waals surface area contributed by atoms with Gasteiger partial charge in [-0.3, -0.25) is 19.4 Å². The Kier molecular flexibility index (Phi) is 12.1. The number of hydrogen-bond donors (Lipinski definition) is 2. The van der Waals surface area contributed by atoms with Gasteiger partial charge in [0.15, 0.2) is 6.29 Å². The Hall–Kier alpha value is -5.99. The highest BCUT2D eigenvalue weighted by atomic mass is 16.7. The number of alkyl carbamates (subject to hydrolysis) is 1. The van der Waals surface area contributed by atoms with Crippen molar-refractivity contribution in [3.8, 4) is 11.1 Å². The summed E-state index contributed by atoms with van der Waals surface area (Å²) in [6, 6.07) is 33.7. The van der Waals surface area contributed by atoms with E-state index in [0.717, 1.165) is 77.6 Å². The average Bonchev–Trinajstić information content (AvgIpc) is 3.53. The largest absolute Gasteiger partial charge is 0.445 e. The molecule has 4 atom stereocenters. The van der Waals surface area contributed by atoms with Crippen molar-refractivity contribution < 1.29 is 33.7 Å². The molecule has 0 aliphatic carbocycles. The van der Waals surface area contributed by atoms with E-state index in [1.807, 2.05) is 103 Å². The third-order valence-electron chi connectivity index (χ3n) is 10.8. The fraction of sp³-hybridized carbons (Fsp3) is 0.311. The van der Waals surface area contributed by atoms with Crippen LogP contribution in [0.5, 0.6) is 0 Å². The number of nitrogens with one attached hydrogen (secondary N) is 1. The van der Waals surface area contributed by atoms with Crippen LogP contribution in [-0.4, -0.2) is 87.7 Å². The van der Waals surface area contributed by atoms with Crippen molar-refractivity contribution >= 4 is 23.9 Å². The molecule has 13 nitrogen and oxygen atoms in total. The van der Waals surface area contributed by atoms with Gasteiger partial charge in [-0.05, 0) is 51.6 Å². The molecule has 3 fully saturated rings. The lowest BCUT2D eigenvalue weighted by Gasteiger charge is -2.40. The number of likely N-dealkylation sites (tertiary alicyclic amines) is 1. The Morgan fingerprint density at radius 1 is 0.776 bits per heavy atom. The number of rotatable bonds is 12. The van der Waals surface area contributed by atoms with Gasteiger partial charge in [-0.15, -0.1) is 0 Å². The maximum atomic E-state index is 13.3. The number of nitrogens with zero attached hydrogens (tertiary/aromatic N) is 5. The van der Waals surface area contributed by atoms with Crippen LogP contribution >= 0.6 is 0 Å². The first-order valence-electron chi connectivity index (χ1n) is 19.6. The summed E-state index contributed by atoms with van der Waals surface area (Å²) < 4.78 is 18.7. The van der Waals surface area contributed by atoms with E-state index in [1.165, 1.54) is 4.90 Å². The van der Waals surface area contributed by atoms with Crippen molar-refractivity contribution in [3.63, 3.8) is 0 Å². The van der Waals surface area contributed by atoms with Gasteiger partial charge in [-0.2, -0.15) is 0 Å². The lowest BCUT2D eigenvalue weighted by molar-refractivity contribution is -0.253. The van der Waals surface area contributed by atoms with Gasteiger partial charge in [-0.25, -0.2) is 14.8 Å². The van der Waals surface area contributed by atoms with Crippen molar-refractivity contribution in [1.82, 2.24) is 25.1 Å². The Morgan fingerprint density at radius 2 is 1.50 bits per heavy atom. The van der Waals surface area contributed by atoms with Gasteiger partial charge >= 0.3 is 6.09 Å². The van der Waals surface area contributed by atoms with Crippen LogP contribution in [-0.2, 0) is 43.6 Å². The number of benzene rings is 4. The van der Waals surface area contributed by atoms with Gasteiger partial charge in [0.25, 0.3) is 5.91 Å². The molecule has 1 unspecified atom stereocenters. The molecule has 0 saturated carbocycles. The van der Waals surface area contributed by atoms with Gasteiger partial charge in [0.1, 0.15) is 12.6 Å². The summed E-state index contributed by atoms with van der Waals surface area (Å²) >= 11 is 0. The number of imide groups is 1. The minimum Gasteiger partial charge on any atom is -0.445 e. The Balaban J connectivity index is 0.936. The number of aliphatic hydroxyl groups excluding tert-OH is 1. The van der Waals surface area contributed by atoms with E-state index in [0.29, 0.717) is 6.42 Å². The van der Waals surface area contributed by atoms with Crippen LogP contribution in [0.3, 0.4) is 0 Å². The molecule has 1 aromatic heterocycles. The third-order valence-corrected chi connectivity index (χ3v) is 10.8. The molecular formula is C45H46N6O7. The smallest absolute Gasteiger partial charge is 0.408 e. The van der Waals surface area contributed by atoms with Crippen LogP contribution in [0.1, 0.15) is 53.1 Å². The van der Waals surface area contributed by atoms with Crippen molar-refractivity contribution in [2.45, 2.75) is 57.1 Å². The summed E-state index contributed by atoms with van der Waals surface area (Å²) in [7, 11) is 0. The number of ether oxygens (including phenoxy) is 3. The minimum absolute atomic E-state index is 0.0253. The highest BCUT2D eigenvalue weighted by Crippen LogP contribution is 2.39. The summed E-state index contributed by atoms with van der Waals surface area (Å²) in [6.07, 6.45) is 2.38. The number of aliphatic hydroxyl groups is 1. The number of amides is 3. The van der Waals surface area contributed by atoms with E-state index >= 15 is 0 Å². The molecule has 4 aromatic carbocycles. The summed E-state index contributed by atoms with van der Waals surface area (Å²) in [5.74, 6) is -0.0818. The normalized spacial score (nSPS) is 21.3. The summed E-state index contributed by atoms with van der Waals surface area (Å²) in [6.45, 7) is 4.22. The third kappa shape index (κ3) is 9.41. The Bertz CT molecular complexity index is 2180. The molecule has 8 rings (SSSR count). The van der Waals surface area contributed by atoms with E-state index in [-0.39, 0.29) is 44.3 Å². The van der Waals surface area contributed by atoms with E-state index < -0.39 is 24.3 Å². The van der Waals surface area contributed by atoms with Crippen LogP contribution < -0.4 is 10.2 Å². The zero-order valence-electron chi connectivity index (χ0n) is 32.1. The quantitative estimate of drug-likeness (QED) is 0.154. The van der Waals surface area contributed by atoms with Crippen LogP contribution in [0.2, 0.25) is 0 Å². The van der Waals surface area contributed by atoms with Gasteiger partial charge < -0.3 is 29.5 Å². The molecular weight excluding hydrogens is 737 g/mol.